The molecule has 0 bridgehead atoms. The molecule has 18 heavy (non-hydrogen) atoms. The summed E-state index contributed by atoms with van der Waals surface area (Å²) in [6, 6.07) is 2.96. The number of nitrogens with zero attached hydrogens (tertiary/aromatic N) is 1. The zero-order valence-electron chi connectivity index (χ0n) is 9.91. The summed E-state index contributed by atoms with van der Waals surface area (Å²) in [6.45, 7) is 1.93. The standard InChI is InChI=1S/C12H13BrFNO3/c1-17-10-7-8(13)6-9(11(10)14)12(16)15-2-4-18-5-3-15/h6-7H,2-5H2,1H3. The van der Waals surface area contributed by atoms with Crippen LogP contribution in [-0.4, -0.2) is 44.2 Å². The van der Waals surface area contributed by atoms with Gasteiger partial charge in [0.1, 0.15) is 0 Å². The molecule has 1 fully saturated rings. The van der Waals surface area contributed by atoms with Gasteiger partial charge in [0.2, 0.25) is 0 Å². The Bertz CT molecular complexity index is 461. The van der Waals surface area contributed by atoms with Crippen molar-refractivity contribution in [1.82, 2.24) is 4.90 Å². The Balaban J connectivity index is 2.31. The minimum Gasteiger partial charge on any atom is -0.494 e. The Kier molecular flexibility index (Phi) is 4.19. The van der Waals surface area contributed by atoms with Gasteiger partial charge in [0.05, 0.1) is 25.9 Å². The van der Waals surface area contributed by atoms with Crippen LogP contribution in [0.5, 0.6) is 5.75 Å². The molecule has 98 valence electrons. The van der Waals surface area contributed by atoms with E-state index in [1.807, 2.05) is 0 Å². The second-order valence-corrected chi connectivity index (χ2v) is 4.79. The summed E-state index contributed by atoms with van der Waals surface area (Å²) >= 11 is 3.24. The topological polar surface area (TPSA) is 38.8 Å². The quantitative estimate of drug-likeness (QED) is 0.838. The molecule has 1 heterocycles. The molecule has 0 atom stereocenters. The lowest BCUT2D eigenvalue weighted by Crippen LogP contribution is -2.41. The molecule has 0 unspecified atom stereocenters. The van der Waals surface area contributed by atoms with Crippen LogP contribution in [-0.2, 0) is 4.74 Å². The van der Waals surface area contributed by atoms with Gasteiger partial charge in [-0.1, -0.05) is 15.9 Å². The number of ether oxygens (including phenoxy) is 2. The molecule has 6 heteroatoms. The van der Waals surface area contributed by atoms with Crippen molar-refractivity contribution < 1.29 is 18.7 Å². The summed E-state index contributed by atoms with van der Waals surface area (Å²) in [5.74, 6) is -0.909. The number of benzene rings is 1. The Hall–Kier alpha value is -1.14. The monoisotopic (exact) mass is 317 g/mol. The maximum absolute atomic E-state index is 14.0. The van der Waals surface area contributed by atoms with Gasteiger partial charge in [-0.3, -0.25) is 4.79 Å². The third kappa shape index (κ3) is 2.64. The van der Waals surface area contributed by atoms with Gasteiger partial charge in [0.25, 0.3) is 5.91 Å². The van der Waals surface area contributed by atoms with Crippen molar-refractivity contribution in [3.8, 4) is 5.75 Å². The summed E-state index contributed by atoms with van der Waals surface area (Å²) < 4.78 is 24.7. The smallest absolute Gasteiger partial charge is 0.257 e. The summed E-state index contributed by atoms with van der Waals surface area (Å²) in [5, 5.41) is 0. The van der Waals surface area contributed by atoms with Gasteiger partial charge >= 0.3 is 0 Å². The summed E-state index contributed by atoms with van der Waals surface area (Å²) in [5.41, 5.74) is 0.0168. The number of rotatable bonds is 2. The predicted octanol–water partition coefficient (Wildman–Crippen LogP) is 2.07. The molecule has 1 aromatic rings. The van der Waals surface area contributed by atoms with E-state index >= 15 is 0 Å². The number of carbonyl (C=O) groups is 1. The molecule has 0 N–H and O–H groups in total. The van der Waals surface area contributed by atoms with Crippen LogP contribution in [0.1, 0.15) is 10.4 Å². The third-order valence-electron chi connectivity index (χ3n) is 2.75. The van der Waals surface area contributed by atoms with Gasteiger partial charge in [0, 0.05) is 17.6 Å². The van der Waals surface area contributed by atoms with Crippen molar-refractivity contribution in [3.05, 3.63) is 28.0 Å². The van der Waals surface area contributed by atoms with Gasteiger partial charge in [-0.25, -0.2) is 4.39 Å². The fourth-order valence-electron chi connectivity index (χ4n) is 1.81. The van der Waals surface area contributed by atoms with Gasteiger partial charge in [-0.2, -0.15) is 0 Å². The van der Waals surface area contributed by atoms with Crippen molar-refractivity contribution in [2.24, 2.45) is 0 Å². The average molecular weight is 318 g/mol. The first-order chi connectivity index (χ1) is 8.63. The van der Waals surface area contributed by atoms with Crippen molar-refractivity contribution in [2.45, 2.75) is 0 Å². The minimum atomic E-state index is -0.628. The lowest BCUT2D eigenvalue weighted by Gasteiger charge is -2.27. The van der Waals surface area contributed by atoms with Crippen LogP contribution >= 0.6 is 15.9 Å². The highest BCUT2D eigenvalue weighted by Gasteiger charge is 2.23. The van der Waals surface area contributed by atoms with Crippen molar-refractivity contribution in [1.29, 1.82) is 0 Å². The van der Waals surface area contributed by atoms with E-state index in [-0.39, 0.29) is 17.2 Å². The molecule has 1 amide bonds. The van der Waals surface area contributed by atoms with Crippen LogP contribution in [0.2, 0.25) is 0 Å². The SMILES string of the molecule is COc1cc(Br)cc(C(=O)N2CCOCC2)c1F. The highest BCUT2D eigenvalue weighted by atomic mass is 79.9. The lowest BCUT2D eigenvalue weighted by atomic mass is 10.1. The molecular formula is C12H13BrFNO3. The first-order valence-corrected chi connectivity index (χ1v) is 6.33. The van der Waals surface area contributed by atoms with Crippen molar-refractivity contribution in [3.63, 3.8) is 0 Å². The van der Waals surface area contributed by atoms with Crippen LogP contribution < -0.4 is 4.74 Å². The Morgan fingerprint density at radius 1 is 1.44 bits per heavy atom. The normalized spacial score (nSPS) is 15.6. The number of halogens is 2. The van der Waals surface area contributed by atoms with E-state index in [1.54, 1.807) is 4.90 Å². The molecule has 0 saturated carbocycles. The lowest BCUT2D eigenvalue weighted by molar-refractivity contribution is 0.0299. The van der Waals surface area contributed by atoms with Gasteiger partial charge in [0.15, 0.2) is 11.6 Å². The molecule has 0 spiro atoms. The van der Waals surface area contributed by atoms with E-state index < -0.39 is 5.82 Å². The van der Waals surface area contributed by atoms with Gasteiger partial charge in [-0.05, 0) is 12.1 Å². The van der Waals surface area contributed by atoms with E-state index in [9.17, 15) is 9.18 Å². The fraction of sp³-hybridized carbons (Fsp3) is 0.417. The number of morpholine rings is 1. The van der Waals surface area contributed by atoms with Crippen LogP contribution in [0.25, 0.3) is 0 Å². The van der Waals surface area contributed by atoms with Gasteiger partial charge in [-0.15, -0.1) is 0 Å². The van der Waals surface area contributed by atoms with E-state index in [4.69, 9.17) is 9.47 Å². The highest BCUT2D eigenvalue weighted by molar-refractivity contribution is 9.10. The zero-order valence-corrected chi connectivity index (χ0v) is 11.5. The van der Waals surface area contributed by atoms with Crippen molar-refractivity contribution in [2.75, 3.05) is 33.4 Å². The molecule has 2 rings (SSSR count). The molecule has 4 nitrogen and oxygen atoms in total. The largest absolute Gasteiger partial charge is 0.494 e. The maximum atomic E-state index is 14.0. The first kappa shape index (κ1) is 13.3. The van der Waals surface area contributed by atoms with E-state index in [1.165, 1.54) is 19.2 Å². The van der Waals surface area contributed by atoms with Crippen molar-refractivity contribution >= 4 is 21.8 Å². The number of amides is 1. The molecule has 0 aromatic heterocycles. The minimum absolute atomic E-state index is 0.0168. The van der Waals surface area contributed by atoms with Crippen LogP contribution in [0, 0.1) is 5.82 Å². The molecular weight excluding hydrogens is 305 g/mol. The number of carbonyl (C=O) groups excluding carboxylic acids is 1. The van der Waals surface area contributed by atoms with Crippen LogP contribution in [0.4, 0.5) is 4.39 Å². The fourth-order valence-corrected chi connectivity index (χ4v) is 2.24. The molecule has 1 aliphatic rings. The Morgan fingerprint density at radius 2 is 2.11 bits per heavy atom. The predicted molar refractivity (Wildman–Crippen MR) is 67.4 cm³/mol. The van der Waals surface area contributed by atoms with E-state index in [0.29, 0.717) is 30.8 Å². The second kappa shape index (κ2) is 5.67. The summed E-state index contributed by atoms with van der Waals surface area (Å²) in [6.07, 6.45) is 0. The number of hydrogen-bond acceptors (Lipinski definition) is 3. The summed E-state index contributed by atoms with van der Waals surface area (Å²) in [7, 11) is 1.37. The Morgan fingerprint density at radius 3 is 2.72 bits per heavy atom. The first-order valence-electron chi connectivity index (χ1n) is 5.53. The van der Waals surface area contributed by atoms with E-state index in [2.05, 4.69) is 15.9 Å². The number of methoxy groups -OCH3 is 1. The summed E-state index contributed by atoms with van der Waals surface area (Å²) in [4.78, 5) is 13.8. The Labute approximate surface area is 113 Å². The second-order valence-electron chi connectivity index (χ2n) is 3.87. The van der Waals surface area contributed by atoms with Gasteiger partial charge < -0.3 is 14.4 Å². The average Bonchev–Trinajstić information content (AvgIpc) is 2.41. The molecule has 1 aromatic carbocycles. The molecule has 1 saturated heterocycles. The number of hydrogen-bond donors (Lipinski definition) is 0. The molecule has 1 aliphatic heterocycles. The van der Waals surface area contributed by atoms with E-state index in [0.717, 1.165) is 0 Å². The van der Waals surface area contributed by atoms with Crippen LogP contribution in [0.15, 0.2) is 16.6 Å². The third-order valence-corrected chi connectivity index (χ3v) is 3.21. The molecule has 0 aliphatic carbocycles. The maximum Gasteiger partial charge on any atom is 0.257 e. The molecule has 0 radical (unpaired) electrons. The highest BCUT2D eigenvalue weighted by Crippen LogP contribution is 2.27. The van der Waals surface area contributed by atoms with Crippen LogP contribution in [0.3, 0.4) is 0 Å². The zero-order chi connectivity index (χ0) is 13.1.